The van der Waals surface area contributed by atoms with E-state index in [9.17, 15) is 4.79 Å². The van der Waals surface area contributed by atoms with Crippen LogP contribution in [0.5, 0.6) is 0 Å². The molecule has 0 N–H and O–H groups in total. The van der Waals surface area contributed by atoms with Crippen molar-refractivity contribution < 1.29 is 4.79 Å². The predicted molar refractivity (Wildman–Crippen MR) is 63.3 cm³/mol. The van der Waals surface area contributed by atoms with Crippen LogP contribution in [0.2, 0.25) is 0 Å². The maximum absolute atomic E-state index is 11.4. The van der Waals surface area contributed by atoms with Crippen molar-refractivity contribution in [2.75, 3.05) is 0 Å². The summed E-state index contributed by atoms with van der Waals surface area (Å²) < 4.78 is 0. The molecule has 2 aromatic rings. The van der Waals surface area contributed by atoms with E-state index in [0.717, 1.165) is 22.4 Å². The Hall–Kier alpha value is -1.77. The Kier molecular flexibility index (Phi) is 2.95. The lowest BCUT2D eigenvalue weighted by Crippen LogP contribution is -2.06. The lowest BCUT2D eigenvalue weighted by Gasteiger charge is -2.05. The van der Waals surface area contributed by atoms with Gasteiger partial charge < -0.3 is 0 Å². The van der Waals surface area contributed by atoms with Gasteiger partial charge in [0, 0.05) is 6.42 Å². The zero-order valence-corrected chi connectivity index (χ0v) is 9.53. The maximum Gasteiger partial charge on any atom is 0.138 e. The summed E-state index contributed by atoms with van der Waals surface area (Å²) in [5, 5.41) is 0. The molecular formula is C13H14N2O. The number of hydrogen-bond donors (Lipinski definition) is 0. The average Bonchev–Trinajstić information content (AvgIpc) is 2.30. The van der Waals surface area contributed by atoms with Gasteiger partial charge in [0.1, 0.15) is 5.78 Å². The van der Waals surface area contributed by atoms with E-state index in [0.29, 0.717) is 12.8 Å². The van der Waals surface area contributed by atoms with Crippen LogP contribution in [0.25, 0.3) is 11.0 Å². The summed E-state index contributed by atoms with van der Waals surface area (Å²) in [6, 6.07) is 7.72. The summed E-state index contributed by atoms with van der Waals surface area (Å²) in [7, 11) is 0. The molecule has 3 heteroatoms. The topological polar surface area (TPSA) is 42.9 Å². The van der Waals surface area contributed by atoms with Crippen molar-refractivity contribution in [2.24, 2.45) is 0 Å². The molecule has 82 valence electrons. The Labute approximate surface area is 94.5 Å². The van der Waals surface area contributed by atoms with E-state index in [1.165, 1.54) is 0 Å². The van der Waals surface area contributed by atoms with Gasteiger partial charge in [-0.1, -0.05) is 19.1 Å². The van der Waals surface area contributed by atoms with E-state index >= 15 is 0 Å². The molecule has 2 rings (SSSR count). The third-order valence-electron chi connectivity index (χ3n) is 2.60. The Balaban J connectivity index is 2.46. The number of aryl methyl sites for hydroxylation is 1. The largest absolute Gasteiger partial charge is 0.299 e. The first kappa shape index (κ1) is 10.7. The molecule has 0 amide bonds. The second kappa shape index (κ2) is 4.39. The molecule has 0 unspecified atom stereocenters. The van der Waals surface area contributed by atoms with Crippen LogP contribution in [0.3, 0.4) is 0 Å². The molecule has 0 aliphatic heterocycles. The first-order valence-corrected chi connectivity index (χ1v) is 5.44. The first-order chi connectivity index (χ1) is 7.70. The second-order valence-corrected chi connectivity index (χ2v) is 3.81. The summed E-state index contributed by atoms with van der Waals surface area (Å²) >= 11 is 0. The van der Waals surface area contributed by atoms with Crippen LogP contribution in [-0.4, -0.2) is 15.8 Å². The van der Waals surface area contributed by atoms with E-state index in [4.69, 9.17) is 0 Å². The van der Waals surface area contributed by atoms with Crippen molar-refractivity contribution in [1.29, 1.82) is 0 Å². The van der Waals surface area contributed by atoms with Gasteiger partial charge >= 0.3 is 0 Å². The molecular weight excluding hydrogens is 200 g/mol. The molecule has 1 heterocycles. The SMILES string of the molecule is CCC(=O)Cc1nc2ccccc2nc1C. The van der Waals surface area contributed by atoms with Crippen molar-refractivity contribution in [2.45, 2.75) is 26.7 Å². The molecule has 0 saturated heterocycles. The number of para-hydroxylation sites is 2. The van der Waals surface area contributed by atoms with Crippen molar-refractivity contribution in [3.8, 4) is 0 Å². The number of Topliss-reactive ketones (excluding diaryl/α,β-unsaturated/α-hetero) is 1. The van der Waals surface area contributed by atoms with Gasteiger partial charge in [0.25, 0.3) is 0 Å². The number of carbonyl (C=O) groups is 1. The van der Waals surface area contributed by atoms with Crippen LogP contribution in [-0.2, 0) is 11.2 Å². The van der Waals surface area contributed by atoms with Gasteiger partial charge in [-0.2, -0.15) is 0 Å². The van der Waals surface area contributed by atoms with Crippen LogP contribution >= 0.6 is 0 Å². The minimum atomic E-state index is 0.202. The van der Waals surface area contributed by atoms with Crippen LogP contribution in [0.1, 0.15) is 24.7 Å². The fourth-order valence-electron chi connectivity index (χ4n) is 1.60. The van der Waals surface area contributed by atoms with E-state index in [2.05, 4.69) is 9.97 Å². The number of aromatic nitrogens is 2. The van der Waals surface area contributed by atoms with Gasteiger partial charge in [-0.15, -0.1) is 0 Å². The van der Waals surface area contributed by atoms with Gasteiger partial charge in [0.15, 0.2) is 0 Å². The fraction of sp³-hybridized carbons (Fsp3) is 0.308. The van der Waals surface area contributed by atoms with Gasteiger partial charge in [-0.25, -0.2) is 9.97 Å². The van der Waals surface area contributed by atoms with Gasteiger partial charge in [0.05, 0.1) is 28.8 Å². The highest BCUT2D eigenvalue weighted by Crippen LogP contribution is 2.13. The molecule has 1 aromatic carbocycles. The minimum Gasteiger partial charge on any atom is -0.299 e. The fourth-order valence-corrected chi connectivity index (χ4v) is 1.60. The molecule has 0 fully saturated rings. The third-order valence-corrected chi connectivity index (χ3v) is 2.60. The second-order valence-electron chi connectivity index (χ2n) is 3.81. The highest BCUT2D eigenvalue weighted by Gasteiger charge is 2.08. The first-order valence-electron chi connectivity index (χ1n) is 5.44. The minimum absolute atomic E-state index is 0.202. The summed E-state index contributed by atoms with van der Waals surface area (Å²) in [5.41, 5.74) is 3.38. The monoisotopic (exact) mass is 214 g/mol. The standard InChI is InChI=1S/C13H14N2O/c1-3-10(16)8-13-9(2)14-11-6-4-5-7-12(11)15-13/h4-7H,3,8H2,1-2H3. The van der Waals surface area contributed by atoms with Gasteiger partial charge in [-0.05, 0) is 19.1 Å². The lowest BCUT2D eigenvalue weighted by molar-refractivity contribution is -0.118. The smallest absolute Gasteiger partial charge is 0.138 e. The molecule has 0 radical (unpaired) electrons. The van der Waals surface area contributed by atoms with Crippen molar-refractivity contribution >= 4 is 16.8 Å². The highest BCUT2D eigenvalue weighted by atomic mass is 16.1. The Morgan fingerprint density at radius 3 is 2.44 bits per heavy atom. The highest BCUT2D eigenvalue weighted by molar-refractivity contribution is 5.81. The van der Waals surface area contributed by atoms with E-state index in [1.807, 2.05) is 38.1 Å². The quantitative estimate of drug-likeness (QED) is 0.788. The summed E-state index contributed by atoms with van der Waals surface area (Å²) in [6.45, 7) is 3.77. The number of benzene rings is 1. The molecule has 3 nitrogen and oxygen atoms in total. The van der Waals surface area contributed by atoms with E-state index < -0.39 is 0 Å². The predicted octanol–water partition coefficient (Wildman–Crippen LogP) is 2.46. The Bertz CT molecular complexity index is 534. The molecule has 0 atom stereocenters. The average molecular weight is 214 g/mol. The van der Waals surface area contributed by atoms with Crippen molar-refractivity contribution in [3.63, 3.8) is 0 Å². The Morgan fingerprint density at radius 2 is 1.81 bits per heavy atom. The number of hydrogen-bond acceptors (Lipinski definition) is 3. The summed E-state index contributed by atoms with van der Waals surface area (Å²) in [4.78, 5) is 20.3. The summed E-state index contributed by atoms with van der Waals surface area (Å²) in [5.74, 6) is 0.202. The van der Waals surface area contributed by atoms with Gasteiger partial charge in [-0.3, -0.25) is 4.79 Å². The maximum atomic E-state index is 11.4. The van der Waals surface area contributed by atoms with E-state index in [1.54, 1.807) is 0 Å². The van der Waals surface area contributed by atoms with Crippen LogP contribution < -0.4 is 0 Å². The Morgan fingerprint density at radius 1 is 1.19 bits per heavy atom. The normalized spacial score (nSPS) is 10.6. The summed E-state index contributed by atoms with van der Waals surface area (Å²) in [6.07, 6.45) is 0.939. The molecule has 0 bridgehead atoms. The number of rotatable bonds is 3. The van der Waals surface area contributed by atoms with Crippen LogP contribution in [0.4, 0.5) is 0 Å². The number of ketones is 1. The number of fused-ring (bicyclic) bond motifs is 1. The molecule has 0 aliphatic carbocycles. The number of nitrogens with zero attached hydrogens (tertiary/aromatic N) is 2. The lowest BCUT2D eigenvalue weighted by atomic mass is 10.1. The van der Waals surface area contributed by atoms with E-state index in [-0.39, 0.29) is 5.78 Å². The third kappa shape index (κ3) is 2.08. The molecule has 0 saturated carbocycles. The van der Waals surface area contributed by atoms with Crippen molar-refractivity contribution in [1.82, 2.24) is 9.97 Å². The zero-order valence-electron chi connectivity index (χ0n) is 9.53. The van der Waals surface area contributed by atoms with Gasteiger partial charge in [0.2, 0.25) is 0 Å². The molecule has 1 aromatic heterocycles. The molecule has 16 heavy (non-hydrogen) atoms. The van der Waals surface area contributed by atoms with Crippen LogP contribution in [0, 0.1) is 6.92 Å². The van der Waals surface area contributed by atoms with Crippen LogP contribution in [0.15, 0.2) is 24.3 Å². The van der Waals surface area contributed by atoms with Crippen molar-refractivity contribution in [3.05, 3.63) is 35.7 Å². The molecule has 0 spiro atoms. The number of carbonyl (C=O) groups excluding carboxylic acids is 1. The molecule has 0 aliphatic rings. The zero-order chi connectivity index (χ0) is 11.5.